The molecular weight excluding hydrogens is 559 g/mol. The van der Waals surface area contributed by atoms with Crippen LogP contribution in [0.4, 0.5) is 23.7 Å². The van der Waals surface area contributed by atoms with Crippen LogP contribution in [0.1, 0.15) is 73.8 Å². The average molecular weight is 600 g/mol. The molecule has 0 saturated carbocycles. The number of alkyl halides is 3. The summed E-state index contributed by atoms with van der Waals surface area (Å²) in [6, 6.07) is 6.46. The number of aliphatic hydroxyl groups is 2. The molecular formula is C29H40F3N3O7. The molecule has 0 aliphatic carbocycles. The molecule has 0 aliphatic rings. The number of anilines is 1. The zero-order valence-corrected chi connectivity index (χ0v) is 23.7. The van der Waals surface area contributed by atoms with Crippen LogP contribution in [-0.2, 0) is 33.6 Å². The lowest BCUT2D eigenvalue weighted by atomic mass is 10.0. The van der Waals surface area contributed by atoms with E-state index in [1.54, 1.807) is 12.1 Å². The molecule has 0 radical (unpaired) electrons. The van der Waals surface area contributed by atoms with Gasteiger partial charge in [0, 0.05) is 32.2 Å². The van der Waals surface area contributed by atoms with Crippen LogP contribution in [0.5, 0.6) is 5.75 Å². The van der Waals surface area contributed by atoms with E-state index < -0.39 is 29.8 Å². The van der Waals surface area contributed by atoms with Gasteiger partial charge in [0.25, 0.3) is 0 Å². The van der Waals surface area contributed by atoms with Gasteiger partial charge in [0.2, 0.25) is 0 Å². The molecule has 2 amide bonds. The van der Waals surface area contributed by atoms with Gasteiger partial charge in [-0.3, -0.25) is 0 Å². The van der Waals surface area contributed by atoms with Crippen molar-refractivity contribution < 1.29 is 47.7 Å². The standard InChI is InChI=1S/C29H40F3N3O7/c1-20(37)42-35(28(33)40)25-15-21(14-24(17-25)29(30,31)32)8-4-7-13-41-12-6-3-2-5-11-34-18-27(39)22-9-10-26(38)23(16-22)19-36/h9-10,14-17,27,34,36,38-39H,2-8,11-13,18-19H2,1H3,(H2,33,40)/t27-/m1/s1. The van der Waals surface area contributed by atoms with Crippen molar-refractivity contribution in [2.45, 2.75) is 70.8 Å². The topological polar surface area (TPSA) is 155 Å². The molecule has 1 atom stereocenters. The van der Waals surface area contributed by atoms with Crippen LogP contribution in [-0.4, -0.2) is 53.6 Å². The Morgan fingerprint density at radius 3 is 2.36 bits per heavy atom. The molecule has 234 valence electrons. The summed E-state index contributed by atoms with van der Waals surface area (Å²) in [5, 5.41) is 32.6. The number of halogens is 3. The van der Waals surface area contributed by atoms with Crippen LogP contribution < -0.4 is 16.1 Å². The Morgan fingerprint density at radius 2 is 1.71 bits per heavy atom. The fourth-order valence-electron chi connectivity index (χ4n) is 4.19. The van der Waals surface area contributed by atoms with E-state index in [-0.39, 0.29) is 18.0 Å². The van der Waals surface area contributed by atoms with Gasteiger partial charge in [-0.25, -0.2) is 9.59 Å². The molecule has 13 heteroatoms. The number of unbranched alkanes of at least 4 members (excludes halogenated alkanes) is 4. The number of carbonyl (C=O) groups excluding carboxylic acids is 2. The van der Waals surface area contributed by atoms with Crippen molar-refractivity contribution in [2.75, 3.05) is 31.4 Å². The van der Waals surface area contributed by atoms with Gasteiger partial charge in [0.1, 0.15) is 5.75 Å². The van der Waals surface area contributed by atoms with E-state index in [1.165, 1.54) is 12.1 Å². The summed E-state index contributed by atoms with van der Waals surface area (Å²) in [7, 11) is 0. The quantitative estimate of drug-likeness (QED) is 0.132. The third-order valence-corrected chi connectivity index (χ3v) is 6.35. The van der Waals surface area contributed by atoms with E-state index >= 15 is 0 Å². The van der Waals surface area contributed by atoms with Gasteiger partial charge < -0.3 is 35.9 Å². The monoisotopic (exact) mass is 599 g/mol. The molecule has 0 aliphatic heterocycles. The van der Waals surface area contributed by atoms with Crippen molar-refractivity contribution in [3.05, 3.63) is 58.7 Å². The lowest BCUT2D eigenvalue weighted by Crippen LogP contribution is -2.37. The lowest BCUT2D eigenvalue weighted by Gasteiger charge is -2.20. The Kier molecular flexibility index (Phi) is 14.5. The van der Waals surface area contributed by atoms with Gasteiger partial charge in [-0.2, -0.15) is 13.2 Å². The number of aromatic hydroxyl groups is 1. The number of carbonyl (C=O) groups is 2. The first-order chi connectivity index (χ1) is 19.9. The Balaban J connectivity index is 1.61. The summed E-state index contributed by atoms with van der Waals surface area (Å²) < 4.78 is 45.8. The van der Waals surface area contributed by atoms with Crippen molar-refractivity contribution in [3.63, 3.8) is 0 Å². The number of rotatable bonds is 17. The highest BCUT2D eigenvalue weighted by Crippen LogP contribution is 2.33. The highest BCUT2D eigenvalue weighted by atomic mass is 19.4. The Morgan fingerprint density at radius 1 is 1.02 bits per heavy atom. The summed E-state index contributed by atoms with van der Waals surface area (Å²) in [5.74, 6) is -0.908. The van der Waals surface area contributed by atoms with Gasteiger partial charge in [0.15, 0.2) is 0 Å². The number of hydrogen-bond donors (Lipinski definition) is 5. The largest absolute Gasteiger partial charge is 0.508 e. The summed E-state index contributed by atoms with van der Waals surface area (Å²) in [6.45, 7) is 2.83. The number of urea groups is 1. The van der Waals surface area contributed by atoms with Crippen molar-refractivity contribution in [1.82, 2.24) is 5.32 Å². The number of amides is 2. The maximum Gasteiger partial charge on any atom is 0.416 e. The van der Waals surface area contributed by atoms with Crippen molar-refractivity contribution in [1.29, 1.82) is 0 Å². The number of phenols is 1. The van der Waals surface area contributed by atoms with E-state index in [0.29, 0.717) is 66.8 Å². The van der Waals surface area contributed by atoms with Gasteiger partial charge in [-0.05, 0) is 80.1 Å². The number of aryl methyl sites for hydroxylation is 1. The summed E-state index contributed by atoms with van der Waals surface area (Å²) >= 11 is 0. The van der Waals surface area contributed by atoms with Crippen LogP contribution in [0.3, 0.4) is 0 Å². The number of nitrogens with zero attached hydrogens (tertiary/aromatic N) is 1. The lowest BCUT2D eigenvalue weighted by molar-refractivity contribution is -0.141. The maximum absolute atomic E-state index is 13.4. The number of aliphatic hydroxyl groups excluding tert-OH is 2. The molecule has 0 spiro atoms. The molecule has 42 heavy (non-hydrogen) atoms. The second-order valence-corrected chi connectivity index (χ2v) is 9.85. The van der Waals surface area contributed by atoms with Crippen LogP contribution in [0.15, 0.2) is 36.4 Å². The van der Waals surface area contributed by atoms with Crippen LogP contribution >= 0.6 is 0 Å². The summed E-state index contributed by atoms with van der Waals surface area (Å²) in [6.07, 6.45) is -0.194. The highest BCUT2D eigenvalue weighted by molar-refractivity contribution is 5.90. The van der Waals surface area contributed by atoms with Gasteiger partial charge >= 0.3 is 18.2 Å². The molecule has 2 aromatic rings. The maximum atomic E-state index is 13.4. The third-order valence-electron chi connectivity index (χ3n) is 6.35. The van der Waals surface area contributed by atoms with E-state index in [0.717, 1.165) is 45.2 Å². The van der Waals surface area contributed by atoms with Crippen LogP contribution in [0.2, 0.25) is 0 Å². The Bertz CT molecular complexity index is 1150. The molecule has 6 N–H and O–H groups in total. The molecule has 0 unspecified atom stereocenters. The number of benzene rings is 2. The minimum atomic E-state index is -4.66. The first kappa shape index (κ1) is 34.8. The number of nitrogens with two attached hydrogens (primary N) is 1. The van der Waals surface area contributed by atoms with E-state index in [2.05, 4.69) is 10.2 Å². The van der Waals surface area contributed by atoms with Crippen LogP contribution in [0, 0.1) is 0 Å². The smallest absolute Gasteiger partial charge is 0.416 e. The van der Waals surface area contributed by atoms with Crippen molar-refractivity contribution >= 4 is 17.7 Å². The Labute approximate surface area is 243 Å². The molecule has 0 saturated heterocycles. The first-order valence-corrected chi connectivity index (χ1v) is 13.8. The zero-order chi connectivity index (χ0) is 31.1. The molecule has 0 bridgehead atoms. The normalized spacial score (nSPS) is 12.2. The fraction of sp³-hybridized carbons (Fsp3) is 0.517. The number of hydroxylamine groups is 1. The number of hydrogen-bond acceptors (Lipinski definition) is 8. The molecule has 0 heterocycles. The van der Waals surface area contributed by atoms with E-state index in [9.17, 15) is 38.1 Å². The highest BCUT2D eigenvalue weighted by Gasteiger charge is 2.32. The van der Waals surface area contributed by atoms with Crippen molar-refractivity contribution in [2.24, 2.45) is 5.73 Å². The van der Waals surface area contributed by atoms with E-state index in [1.807, 2.05) is 0 Å². The van der Waals surface area contributed by atoms with Gasteiger partial charge in [-0.15, -0.1) is 5.06 Å². The van der Waals surface area contributed by atoms with Gasteiger partial charge in [0.05, 0.1) is 24.0 Å². The number of primary amides is 1. The molecule has 0 fully saturated rings. The third kappa shape index (κ3) is 12.2. The van der Waals surface area contributed by atoms with Crippen molar-refractivity contribution in [3.8, 4) is 5.75 Å². The first-order valence-electron chi connectivity index (χ1n) is 13.8. The molecule has 0 aromatic heterocycles. The minimum absolute atomic E-state index is 0.00677. The van der Waals surface area contributed by atoms with E-state index in [4.69, 9.17) is 10.5 Å². The van der Waals surface area contributed by atoms with Crippen LogP contribution in [0.25, 0.3) is 0 Å². The second-order valence-electron chi connectivity index (χ2n) is 9.85. The summed E-state index contributed by atoms with van der Waals surface area (Å²) in [4.78, 5) is 27.6. The summed E-state index contributed by atoms with van der Waals surface area (Å²) in [5.41, 5.74) is 5.22. The second kappa shape index (κ2) is 17.5. The predicted molar refractivity (Wildman–Crippen MR) is 149 cm³/mol. The average Bonchev–Trinajstić information content (AvgIpc) is 2.93. The molecule has 10 nitrogen and oxygen atoms in total. The fourth-order valence-corrected chi connectivity index (χ4v) is 4.19. The van der Waals surface area contributed by atoms with Gasteiger partial charge in [-0.1, -0.05) is 18.9 Å². The predicted octanol–water partition coefficient (Wildman–Crippen LogP) is 4.49. The SMILES string of the molecule is CC(=O)ON(C(N)=O)c1cc(CCCCOCCCCCCNC[C@@H](O)c2ccc(O)c(CO)c2)cc(C(F)(F)F)c1. The number of ether oxygens (including phenoxy) is 1. The molecule has 2 rings (SSSR count). The number of nitrogens with one attached hydrogen (secondary N) is 1. The Hall–Kier alpha value is -3.39. The zero-order valence-electron chi connectivity index (χ0n) is 23.7. The minimum Gasteiger partial charge on any atom is -0.508 e. The molecule has 2 aromatic carbocycles.